The van der Waals surface area contributed by atoms with Gasteiger partial charge in [-0.2, -0.15) is 0 Å². The van der Waals surface area contributed by atoms with Crippen molar-refractivity contribution in [2.45, 2.75) is 32.4 Å². The number of hydrogen-bond acceptors (Lipinski definition) is 3. The second-order valence-electron chi connectivity index (χ2n) is 4.64. The number of aliphatic hydroxyl groups excluding tert-OH is 1. The van der Waals surface area contributed by atoms with Crippen LogP contribution in [0.4, 0.5) is 0 Å². The van der Waals surface area contributed by atoms with E-state index in [1.807, 2.05) is 12.1 Å². The number of hydrogen-bond donors (Lipinski definition) is 1. The topological polar surface area (TPSA) is 50.9 Å². The summed E-state index contributed by atoms with van der Waals surface area (Å²) in [6.07, 6.45) is 2.28. The Morgan fingerprint density at radius 1 is 1.39 bits per heavy atom. The van der Waals surface area contributed by atoms with Gasteiger partial charge in [-0.25, -0.2) is 0 Å². The molecule has 1 aliphatic rings. The normalized spacial score (nSPS) is 15.1. The average Bonchev–Trinajstić information content (AvgIpc) is 3.12. The summed E-state index contributed by atoms with van der Waals surface area (Å²) in [5, 5.41) is 17.7. The van der Waals surface area contributed by atoms with Crippen LogP contribution in [0.3, 0.4) is 0 Å². The molecule has 0 bridgehead atoms. The van der Waals surface area contributed by atoms with Gasteiger partial charge in [0.25, 0.3) is 0 Å². The molecule has 0 unspecified atom stereocenters. The minimum atomic E-state index is -0.0626. The maximum Gasteiger partial charge on any atom is 0.165 e. The van der Waals surface area contributed by atoms with Gasteiger partial charge in [0.2, 0.25) is 0 Å². The van der Waals surface area contributed by atoms with Crippen LogP contribution in [0, 0.1) is 6.92 Å². The van der Waals surface area contributed by atoms with E-state index < -0.39 is 0 Å². The first kappa shape index (κ1) is 11.9. The number of nitrogens with zero attached hydrogens (tertiary/aromatic N) is 3. The molecule has 5 heteroatoms. The summed E-state index contributed by atoms with van der Waals surface area (Å²) in [4.78, 5) is 0. The Hall–Kier alpha value is -1.20. The van der Waals surface area contributed by atoms with E-state index in [0.717, 1.165) is 28.7 Å². The zero-order chi connectivity index (χ0) is 12.7. The van der Waals surface area contributed by atoms with Crippen LogP contribution in [0.1, 0.15) is 30.3 Å². The van der Waals surface area contributed by atoms with Crippen molar-refractivity contribution in [3.63, 3.8) is 0 Å². The smallest absolute Gasteiger partial charge is 0.165 e. The predicted octanol–water partition coefficient (Wildman–Crippen LogP) is 2.84. The molecule has 2 aromatic rings. The molecule has 1 saturated carbocycles. The molecule has 1 aromatic heterocycles. The van der Waals surface area contributed by atoms with Crippen LogP contribution in [-0.4, -0.2) is 19.9 Å². The molecule has 1 fully saturated rings. The van der Waals surface area contributed by atoms with Crippen LogP contribution in [0.15, 0.2) is 22.7 Å². The van der Waals surface area contributed by atoms with Gasteiger partial charge in [0, 0.05) is 16.1 Å². The van der Waals surface area contributed by atoms with Gasteiger partial charge < -0.3 is 9.67 Å². The number of aliphatic hydroxyl groups is 1. The SMILES string of the molecule is Cc1cccc(-c2nnc(CO)n2C2CC2)c1Br. The number of aryl methyl sites for hydroxylation is 1. The molecule has 1 N–H and O–H groups in total. The van der Waals surface area contributed by atoms with Crippen LogP contribution in [0.25, 0.3) is 11.4 Å². The fourth-order valence-electron chi connectivity index (χ4n) is 2.15. The van der Waals surface area contributed by atoms with Crippen molar-refractivity contribution in [3.05, 3.63) is 34.1 Å². The molecule has 0 spiro atoms. The predicted molar refractivity (Wildman–Crippen MR) is 72.1 cm³/mol. The van der Waals surface area contributed by atoms with Crippen LogP contribution in [0.2, 0.25) is 0 Å². The van der Waals surface area contributed by atoms with E-state index in [0.29, 0.717) is 11.9 Å². The third-order valence-corrected chi connectivity index (χ3v) is 4.31. The molecular formula is C13H14BrN3O. The number of rotatable bonds is 3. The highest BCUT2D eigenvalue weighted by Crippen LogP contribution is 2.40. The van der Waals surface area contributed by atoms with Gasteiger partial charge in [-0.1, -0.05) is 18.2 Å². The van der Waals surface area contributed by atoms with Crippen molar-refractivity contribution in [1.29, 1.82) is 0 Å². The second-order valence-corrected chi connectivity index (χ2v) is 5.43. The molecule has 1 aliphatic carbocycles. The van der Waals surface area contributed by atoms with Gasteiger partial charge >= 0.3 is 0 Å². The monoisotopic (exact) mass is 307 g/mol. The minimum Gasteiger partial charge on any atom is -0.388 e. The molecule has 4 nitrogen and oxygen atoms in total. The number of aromatic nitrogens is 3. The standard InChI is InChI=1S/C13H14BrN3O/c1-8-3-2-4-10(12(8)14)13-16-15-11(7-18)17(13)9-5-6-9/h2-4,9,18H,5-7H2,1H3. The highest BCUT2D eigenvalue weighted by Gasteiger charge is 2.30. The summed E-state index contributed by atoms with van der Waals surface area (Å²) in [7, 11) is 0. The lowest BCUT2D eigenvalue weighted by Gasteiger charge is -2.10. The molecule has 0 radical (unpaired) electrons. The molecule has 0 atom stereocenters. The molecular weight excluding hydrogens is 294 g/mol. The van der Waals surface area contributed by atoms with E-state index in [2.05, 4.69) is 43.7 Å². The van der Waals surface area contributed by atoms with Crippen molar-refractivity contribution < 1.29 is 5.11 Å². The summed E-state index contributed by atoms with van der Waals surface area (Å²) in [6.45, 7) is 1.99. The van der Waals surface area contributed by atoms with Crippen LogP contribution in [-0.2, 0) is 6.61 Å². The lowest BCUT2D eigenvalue weighted by atomic mass is 10.1. The first-order chi connectivity index (χ1) is 8.72. The summed E-state index contributed by atoms with van der Waals surface area (Å²) < 4.78 is 3.11. The van der Waals surface area contributed by atoms with E-state index in [1.54, 1.807) is 0 Å². The third kappa shape index (κ3) is 1.87. The van der Waals surface area contributed by atoms with Crippen molar-refractivity contribution >= 4 is 15.9 Å². The Morgan fingerprint density at radius 2 is 2.17 bits per heavy atom. The Balaban J connectivity index is 2.17. The maximum absolute atomic E-state index is 9.34. The molecule has 1 aromatic carbocycles. The van der Waals surface area contributed by atoms with E-state index >= 15 is 0 Å². The quantitative estimate of drug-likeness (QED) is 0.948. The maximum atomic E-state index is 9.34. The van der Waals surface area contributed by atoms with Crippen molar-refractivity contribution in [2.75, 3.05) is 0 Å². The van der Waals surface area contributed by atoms with Crippen molar-refractivity contribution in [3.8, 4) is 11.4 Å². The third-order valence-electron chi connectivity index (χ3n) is 3.25. The Kier molecular flexibility index (Phi) is 2.95. The Bertz CT molecular complexity index is 590. The molecule has 18 heavy (non-hydrogen) atoms. The highest BCUT2D eigenvalue weighted by atomic mass is 79.9. The first-order valence-corrected chi connectivity index (χ1v) is 6.81. The minimum absolute atomic E-state index is 0.0626. The van der Waals surface area contributed by atoms with E-state index in [1.165, 1.54) is 5.56 Å². The van der Waals surface area contributed by atoms with Crippen LogP contribution in [0.5, 0.6) is 0 Å². The van der Waals surface area contributed by atoms with Crippen LogP contribution >= 0.6 is 15.9 Å². The van der Waals surface area contributed by atoms with E-state index in [4.69, 9.17) is 0 Å². The summed E-state index contributed by atoms with van der Waals surface area (Å²) in [5.41, 5.74) is 2.21. The molecule has 0 saturated heterocycles. The average molecular weight is 308 g/mol. The number of halogens is 1. The van der Waals surface area contributed by atoms with Gasteiger partial charge in [0.15, 0.2) is 11.6 Å². The van der Waals surface area contributed by atoms with Crippen LogP contribution < -0.4 is 0 Å². The Morgan fingerprint density at radius 3 is 2.83 bits per heavy atom. The zero-order valence-electron chi connectivity index (χ0n) is 10.1. The zero-order valence-corrected chi connectivity index (χ0v) is 11.7. The van der Waals surface area contributed by atoms with Gasteiger partial charge in [-0.3, -0.25) is 0 Å². The largest absolute Gasteiger partial charge is 0.388 e. The number of benzene rings is 1. The molecule has 94 valence electrons. The molecule has 0 amide bonds. The molecule has 3 rings (SSSR count). The van der Waals surface area contributed by atoms with Gasteiger partial charge in [-0.15, -0.1) is 10.2 Å². The van der Waals surface area contributed by atoms with Gasteiger partial charge in [0.1, 0.15) is 6.61 Å². The van der Waals surface area contributed by atoms with E-state index in [-0.39, 0.29) is 6.61 Å². The summed E-state index contributed by atoms with van der Waals surface area (Å²) >= 11 is 3.61. The first-order valence-electron chi connectivity index (χ1n) is 6.02. The lowest BCUT2D eigenvalue weighted by Crippen LogP contribution is -2.03. The Labute approximate surface area is 114 Å². The van der Waals surface area contributed by atoms with Crippen molar-refractivity contribution in [2.24, 2.45) is 0 Å². The molecule has 1 heterocycles. The second kappa shape index (κ2) is 4.48. The fourth-order valence-corrected chi connectivity index (χ4v) is 2.59. The van der Waals surface area contributed by atoms with Crippen molar-refractivity contribution in [1.82, 2.24) is 14.8 Å². The highest BCUT2D eigenvalue weighted by molar-refractivity contribution is 9.10. The van der Waals surface area contributed by atoms with E-state index in [9.17, 15) is 5.11 Å². The fraction of sp³-hybridized carbons (Fsp3) is 0.385. The lowest BCUT2D eigenvalue weighted by molar-refractivity contribution is 0.265. The van der Waals surface area contributed by atoms with Gasteiger partial charge in [0.05, 0.1) is 0 Å². The molecule has 0 aliphatic heterocycles. The summed E-state index contributed by atoms with van der Waals surface area (Å²) in [5.74, 6) is 1.50. The summed E-state index contributed by atoms with van der Waals surface area (Å²) in [6, 6.07) is 6.55. The van der Waals surface area contributed by atoms with Gasteiger partial charge in [-0.05, 0) is 41.3 Å².